The lowest BCUT2D eigenvalue weighted by atomic mass is 9.91. The molecular weight excluding hydrogens is 346 g/mol. The molecule has 0 aromatic heterocycles. The van der Waals surface area contributed by atoms with Crippen LogP contribution in [0.15, 0.2) is 30.3 Å². The first-order chi connectivity index (χ1) is 11.7. The molecule has 0 bridgehead atoms. The summed E-state index contributed by atoms with van der Waals surface area (Å²) >= 11 is 0. The van der Waals surface area contributed by atoms with Gasteiger partial charge in [0.15, 0.2) is 14.4 Å². The second-order valence-corrected chi connectivity index (χ2v) is 14.1. The van der Waals surface area contributed by atoms with Gasteiger partial charge < -0.3 is 9.16 Å². The van der Waals surface area contributed by atoms with Crippen LogP contribution in [-0.2, 0) is 14.0 Å². The molecule has 0 saturated carbocycles. The molecule has 2 atom stereocenters. The van der Waals surface area contributed by atoms with Crippen molar-refractivity contribution in [3.63, 3.8) is 0 Å². The first-order valence-electron chi connectivity index (χ1n) is 9.03. The molecule has 5 nitrogen and oxygen atoms in total. The van der Waals surface area contributed by atoms with Crippen molar-refractivity contribution >= 4 is 20.3 Å². The minimum absolute atomic E-state index is 0.0269. The summed E-state index contributed by atoms with van der Waals surface area (Å²) in [6.07, 6.45) is -1.27. The van der Waals surface area contributed by atoms with Crippen molar-refractivity contribution in [2.75, 3.05) is 0 Å². The van der Waals surface area contributed by atoms with E-state index in [1.807, 2.05) is 30.3 Å². The van der Waals surface area contributed by atoms with E-state index in [-0.39, 0.29) is 10.9 Å². The van der Waals surface area contributed by atoms with Crippen LogP contribution < -0.4 is 0 Å². The molecule has 144 valence electrons. The molecule has 1 aromatic rings. The van der Waals surface area contributed by atoms with Gasteiger partial charge in [-0.05, 0) is 44.5 Å². The molecule has 1 heterocycles. The van der Waals surface area contributed by atoms with Crippen molar-refractivity contribution in [1.82, 2.24) is 4.90 Å². The Morgan fingerprint density at radius 2 is 1.58 bits per heavy atom. The number of hydrogen-bond donors (Lipinski definition) is 0. The molecule has 6 heteroatoms. The van der Waals surface area contributed by atoms with E-state index in [2.05, 4.69) is 33.9 Å². The Morgan fingerprint density at radius 1 is 1.04 bits per heavy atom. The summed E-state index contributed by atoms with van der Waals surface area (Å²) in [6.45, 7) is 16.0. The summed E-state index contributed by atoms with van der Waals surface area (Å²) in [5.41, 5.74) is 0.214. The molecule has 26 heavy (non-hydrogen) atoms. The van der Waals surface area contributed by atoms with Gasteiger partial charge in [-0.15, -0.1) is 0 Å². The Balaban J connectivity index is 2.32. The van der Waals surface area contributed by atoms with Gasteiger partial charge in [-0.3, -0.25) is 4.79 Å². The molecule has 0 N–H and O–H groups in total. The van der Waals surface area contributed by atoms with E-state index in [0.29, 0.717) is 0 Å². The van der Waals surface area contributed by atoms with E-state index >= 15 is 0 Å². The summed E-state index contributed by atoms with van der Waals surface area (Å²) in [4.78, 5) is 26.6. The molecule has 2 amide bonds. The number of likely N-dealkylation sites (tertiary alicyclic amines) is 1. The van der Waals surface area contributed by atoms with Crippen LogP contribution in [0.5, 0.6) is 0 Å². The molecular formula is C20H31NO4Si. The van der Waals surface area contributed by atoms with E-state index in [9.17, 15) is 9.59 Å². The quantitative estimate of drug-likeness (QED) is 0.555. The van der Waals surface area contributed by atoms with E-state index in [4.69, 9.17) is 9.16 Å². The maximum absolute atomic E-state index is 12.8. The maximum atomic E-state index is 12.8. The van der Waals surface area contributed by atoms with Gasteiger partial charge in [0, 0.05) is 0 Å². The number of amides is 2. The molecule has 2 rings (SSSR count). The highest BCUT2D eigenvalue weighted by Crippen LogP contribution is 2.44. The lowest BCUT2D eigenvalue weighted by Gasteiger charge is -2.49. The number of ether oxygens (including phenoxy) is 1. The Morgan fingerprint density at radius 3 is 2.04 bits per heavy atom. The van der Waals surface area contributed by atoms with Gasteiger partial charge in [0.25, 0.3) is 5.91 Å². The fourth-order valence-corrected chi connectivity index (χ4v) is 3.78. The largest absolute Gasteiger partial charge is 0.443 e. The Labute approximate surface area is 157 Å². The smallest absolute Gasteiger partial charge is 0.417 e. The number of imide groups is 1. The van der Waals surface area contributed by atoms with Crippen LogP contribution in [0, 0.1) is 0 Å². The third-order valence-electron chi connectivity index (χ3n) is 5.00. The molecule has 1 unspecified atom stereocenters. The average Bonchev–Trinajstić information content (AvgIpc) is 2.47. The predicted octanol–water partition coefficient (Wildman–Crippen LogP) is 4.90. The summed E-state index contributed by atoms with van der Waals surface area (Å²) in [7, 11) is -2.17. The number of nitrogens with zero attached hydrogens (tertiary/aromatic N) is 1. The van der Waals surface area contributed by atoms with Gasteiger partial charge in [-0.25, -0.2) is 9.69 Å². The maximum Gasteiger partial charge on any atom is 0.417 e. The number of β-lactam (4-membered cyclic amide) rings is 1. The molecule has 0 aliphatic carbocycles. The van der Waals surface area contributed by atoms with Crippen molar-refractivity contribution in [2.24, 2.45) is 0 Å². The summed E-state index contributed by atoms with van der Waals surface area (Å²) in [5, 5.41) is -0.0269. The molecule has 1 aliphatic heterocycles. The lowest BCUT2D eigenvalue weighted by molar-refractivity contribution is -0.162. The lowest BCUT2D eigenvalue weighted by Crippen LogP contribution is -2.65. The summed E-state index contributed by atoms with van der Waals surface area (Å²) < 4.78 is 11.8. The highest BCUT2D eigenvalue weighted by atomic mass is 28.4. The first kappa shape index (κ1) is 20.6. The van der Waals surface area contributed by atoms with Gasteiger partial charge in [0.1, 0.15) is 11.6 Å². The fourth-order valence-electron chi connectivity index (χ4n) is 2.56. The van der Waals surface area contributed by atoms with Gasteiger partial charge in [0.05, 0.1) is 0 Å². The van der Waals surface area contributed by atoms with Crippen molar-refractivity contribution in [3.8, 4) is 0 Å². The van der Waals surface area contributed by atoms with Crippen molar-refractivity contribution in [3.05, 3.63) is 35.9 Å². The Hall–Kier alpha value is -1.66. The fraction of sp³-hybridized carbons (Fsp3) is 0.600. The molecule has 1 aliphatic rings. The predicted molar refractivity (Wildman–Crippen MR) is 104 cm³/mol. The third kappa shape index (κ3) is 4.18. The second kappa shape index (κ2) is 6.81. The Kier molecular flexibility index (Phi) is 5.41. The zero-order valence-corrected chi connectivity index (χ0v) is 18.1. The van der Waals surface area contributed by atoms with Crippen LogP contribution in [0.3, 0.4) is 0 Å². The van der Waals surface area contributed by atoms with E-state index in [0.717, 1.165) is 5.56 Å². The number of benzene rings is 1. The number of carbonyl (C=O) groups excluding carboxylic acids is 2. The van der Waals surface area contributed by atoms with Crippen LogP contribution in [0.4, 0.5) is 4.79 Å². The van der Waals surface area contributed by atoms with Crippen LogP contribution in [0.1, 0.15) is 53.1 Å². The molecule has 0 radical (unpaired) electrons. The van der Waals surface area contributed by atoms with Crippen LogP contribution in [-0.4, -0.2) is 36.9 Å². The summed E-state index contributed by atoms with van der Waals surface area (Å²) in [5.74, 6) is -0.321. The number of hydrogen-bond acceptors (Lipinski definition) is 4. The van der Waals surface area contributed by atoms with E-state index in [1.54, 1.807) is 20.8 Å². The number of carbonyl (C=O) groups is 2. The number of rotatable bonds is 3. The average molecular weight is 378 g/mol. The standard InChI is InChI=1S/C20H31NO4Si/c1-19(2,3)24-18(23)21-15(14-12-10-9-11-13-14)16(17(21)22)25-26(7,8)20(4,5)6/h9-13,15-16H,1-8H3/t15-,16?/m0/s1. The van der Waals surface area contributed by atoms with Gasteiger partial charge in [-0.1, -0.05) is 51.1 Å². The Bertz CT molecular complexity index is 673. The first-order valence-corrected chi connectivity index (χ1v) is 11.9. The molecule has 1 saturated heterocycles. The summed E-state index contributed by atoms with van der Waals surface area (Å²) in [6, 6.07) is 9.08. The second-order valence-electron chi connectivity index (χ2n) is 9.34. The van der Waals surface area contributed by atoms with Crippen LogP contribution in [0.25, 0.3) is 0 Å². The van der Waals surface area contributed by atoms with Crippen molar-refractivity contribution < 1.29 is 18.8 Å². The van der Waals surface area contributed by atoms with Crippen LogP contribution >= 0.6 is 0 Å². The normalized spacial score (nSPS) is 21.4. The van der Waals surface area contributed by atoms with Gasteiger partial charge in [-0.2, -0.15) is 0 Å². The zero-order chi connectivity index (χ0) is 19.9. The minimum Gasteiger partial charge on any atom is -0.443 e. The third-order valence-corrected chi connectivity index (χ3v) is 9.46. The molecule has 1 aromatic carbocycles. The van der Waals surface area contributed by atoms with E-state index in [1.165, 1.54) is 4.90 Å². The molecule has 1 fully saturated rings. The highest BCUT2D eigenvalue weighted by Gasteiger charge is 2.56. The van der Waals surface area contributed by atoms with Crippen molar-refractivity contribution in [1.29, 1.82) is 0 Å². The highest BCUT2D eigenvalue weighted by molar-refractivity contribution is 6.74. The van der Waals surface area contributed by atoms with Gasteiger partial charge >= 0.3 is 6.09 Å². The molecule has 0 spiro atoms. The SMILES string of the molecule is CC(C)(C)OC(=O)N1C(=O)C(O[Si](C)(C)C(C)(C)C)[C@@H]1c1ccccc1. The zero-order valence-electron chi connectivity index (χ0n) is 17.1. The van der Waals surface area contributed by atoms with Gasteiger partial charge in [0.2, 0.25) is 0 Å². The van der Waals surface area contributed by atoms with Crippen molar-refractivity contribution in [2.45, 2.75) is 77.4 Å². The van der Waals surface area contributed by atoms with E-state index < -0.39 is 32.2 Å². The van der Waals surface area contributed by atoms with Crippen LogP contribution in [0.2, 0.25) is 18.1 Å². The monoisotopic (exact) mass is 377 g/mol. The topological polar surface area (TPSA) is 55.8 Å². The minimum atomic E-state index is -2.17.